The Balaban J connectivity index is 2.20. The van der Waals surface area contributed by atoms with Crippen molar-refractivity contribution in [1.29, 1.82) is 0 Å². The topological polar surface area (TPSA) is 90.9 Å². The number of rotatable bonds is 7. The summed E-state index contributed by atoms with van der Waals surface area (Å²) in [6, 6.07) is 4.63. The molecule has 1 aromatic rings. The van der Waals surface area contributed by atoms with Crippen molar-refractivity contribution in [2.75, 3.05) is 19.6 Å². The third-order valence-corrected chi connectivity index (χ3v) is 4.50. The van der Waals surface area contributed by atoms with Crippen molar-refractivity contribution in [3.05, 3.63) is 29.3 Å². The lowest BCUT2D eigenvalue weighted by atomic mass is 10.1. The van der Waals surface area contributed by atoms with Crippen LogP contribution in [0.15, 0.2) is 18.2 Å². The van der Waals surface area contributed by atoms with Crippen LogP contribution in [0.2, 0.25) is 0 Å². The molecule has 0 spiro atoms. The van der Waals surface area contributed by atoms with Crippen LogP contribution in [-0.2, 0) is 13.6 Å². The second-order valence-electron chi connectivity index (χ2n) is 4.18. The number of hydrogen-bond donors (Lipinski definition) is 1. The molecule has 1 aromatic carbocycles. The largest absolute Gasteiger partial charge is 0.480 e. The van der Waals surface area contributed by atoms with Crippen LogP contribution in [0.4, 0.5) is 0 Å². The average molecular weight is 313 g/mol. The van der Waals surface area contributed by atoms with E-state index in [1.807, 2.05) is 0 Å². The number of amides is 2. The molecule has 2 rings (SSSR count). The van der Waals surface area contributed by atoms with Crippen LogP contribution in [0.1, 0.15) is 34.6 Å². The molecule has 0 bridgehead atoms. The summed E-state index contributed by atoms with van der Waals surface area (Å²) in [4.78, 5) is 23.3. The minimum atomic E-state index is -3.38. The van der Waals surface area contributed by atoms with E-state index in [4.69, 9.17) is 13.8 Å². The van der Waals surface area contributed by atoms with Crippen LogP contribution in [0.5, 0.6) is 5.75 Å². The van der Waals surface area contributed by atoms with Gasteiger partial charge in [-0.3, -0.25) is 19.5 Å². The molecule has 0 radical (unpaired) electrons. The van der Waals surface area contributed by atoms with Gasteiger partial charge in [0.1, 0.15) is 5.75 Å². The van der Waals surface area contributed by atoms with E-state index in [0.717, 1.165) is 0 Å². The van der Waals surface area contributed by atoms with Crippen molar-refractivity contribution in [3.63, 3.8) is 0 Å². The quantitative estimate of drug-likeness (QED) is 0.613. The number of carbonyl (C=O) groups excluding carboxylic acids is 2. The van der Waals surface area contributed by atoms with Gasteiger partial charge in [0.25, 0.3) is 11.8 Å². The van der Waals surface area contributed by atoms with E-state index in [0.29, 0.717) is 0 Å². The van der Waals surface area contributed by atoms with Gasteiger partial charge in [0.15, 0.2) is 6.35 Å². The van der Waals surface area contributed by atoms with Gasteiger partial charge in [0.2, 0.25) is 0 Å². The molecule has 0 aliphatic carbocycles. The second kappa shape index (κ2) is 6.39. The number of ether oxygens (including phenoxy) is 1. The molecule has 0 saturated carbocycles. The van der Waals surface area contributed by atoms with Crippen molar-refractivity contribution in [2.24, 2.45) is 0 Å². The molecular formula is C13H16NO6P. The number of hydrogen-bond acceptors (Lipinski definition) is 6. The zero-order chi connectivity index (χ0) is 15.5. The maximum Gasteiger partial charge on any atom is 0.367 e. The molecule has 1 aliphatic heterocycles. The summed E-state index contributed by atoms with van der Waals surface area (Å²) < 4.78 is 27.9. The van der Waals surface area contributed by atoms with Crippen molar-refractivity contribution in [3.8, 4) is 5.75 Å². The van der Waals surface area contributed by atoms with Crippen LogP contribution in [-0.4, -0.2) is 31.4 Å². The first-order chi connectivity index (χ1) is 10.0. The number of carbonyl (C=O) groups is 2. The number of nitrogens with one attached hydrogen (secondary N) is 1. The zero-order valence-electron chi connectivity index (χ0n) is 11.8. The third kappa shape index (κ3) is 3.32. The van der Waals surface area contributed by atoms with Gasteiger partial charge in [0.05, 0.1) is 24.3 Å². The first kappa shape index (κ1) is 15.7. The van der Waals surface area contributed by atoms with E-state index in [2.05, 4.69) is 5.32 Å². The molecule has 0 aromatic heterocycles. The summed E-state index contributed by atoms with van der Waals surface area (Å²) in [5, 5.41) is 2.18. The number of fused-ring (bicyclic) bond motifs is 1. The first-order valence-electron chi connectivity index (χ1n) is 6.50. The Bertz CT molecular complexity index is 605. The summed E-state index contributed by atoms with van der Waals surface area (Å²) in [5.74, 6) is -0.831. The van der Waals surface area contributed by atoms with Gasteiger partial charge in [-0.15, -0.1) is 0 Å². The Morgan fingerprint density at radius 2 is 1.76 bits per heavy atom. The molecule has 8 heteroatoms. The minimum Gasteiger partial charge on any atom is -0.480 e. The van der Waals surface area contributed by atoms with E-state index in [1.54, 1.807) is 19.9 Å². The molecule has 0 fully saturated rings. The number of imide groups is 1. The SMILES string of the molecule is CCOP(=O)(COc1cccc2c1C(=O)NC2=O)OCC. The van der Waals surface area contributed by atoms with Gasteiger partial charge in [0, 0.05) is 0 Å². The second-order valence-corrected chi connectivity index (χ2v) is 6.18. The standard InChI is InChI=1S/C13H16NO6P/c1-3-19-21(17,20-4-2)8-18-10-7-5-6-9-11(10)13(16)14-12(9)15/h5-7H,3-4,8H2,1-2H3,(H,14,15,16). The van der Waals surface area contributed by atoms with Crippen LogP contribution < -0.4 is 10.1 Å². The van der Waals surface area contributed by atoms with E-state index < -0.39 is 19.4 Å². The molecule has 114 valence electrons. The fourth-order valence-corrected chi connectivity index (χ4v) is 3.27. The molecular weight excluding hydrogens is 297 g/mol. The summed E-state index contributed by atoms with van der Waals surface area (Å²) in [7, 11) is -3.38. The van der Waals surface area contributed by atoms with Gasteiger partial charge >= 0.3 is 7.60 Å². The first-order valence-corrected chi connectivity index (χ1v) is 8.23. The van der Waals surface area contributed by atoms with Gasteiger partial charge in [-0.1, -0.05) is 6.07 Å². The molecule has 7 nitrogen and oxygen atoms in total. The smallest absolute Gasteiger partial charge is 0.367 e. The lowest BCUT2D eigenvalue weighted by Crippen LogP contribution is -2.20. The van der Waals surface area contributed by atoms with Crippen molar-refractivity contribution >= 4 is 19.4 Å². The van der Waals surface area contributed by atoms with E-state index in [9.17, 15) is 14.2 Å². The van der Waals surface area contributed by atoms with E-state index >= 15 is 0 Å². The van der Waals surface area contributed by atoms with Crippen molar-refractivity contribution in [2.45, 2.75) is 13.8 Å². The highest BCUT2D eigenvalue weighted by Gasteiger charge is 2.32. The molecule has 21 heavy (non-hydrogen) atoms. The normalized spacial score (nSPS) is 14.0. The molecule has 1 N–H and O–H groups in total. The summed E-state index contributed by atoms with van der Waals surface area (Å²) >= 11 is 0. The third-order valence-electron chi connectivity index (χ3n) is 2.75. The molecule has 0 unspecified atom stereocenters. The Morgan fingerprint density at radius 3 is 2.38 bits per heavy atom. The Kier molecular flexibility index (Phi) is 4.77. The fraction of sp³-hybridized carbons (Fsp3) is 0.385. The van der Waals surface area contributed by atoms with Crippen LogP contribution in [0.3, 0.4) is 0 Å². The average Bonchev–Trinajstić information content (AvgIpc) is 2.73. The van der Waals surface area contributed by atoms with Crippen LogP contribution in [0.25, 0.3) is 0 Å². The van der Waals surface area contributed by atoms with Crippen molar-refractivity contribution in [1.82, 2.24) is 5.32 Å². The predicted octanol–water partition coefficient (Wildman–Crippen LogP) is 2.17. The lowest BCUT2D eigenvalue weighted by molar-refractivity contribution is 0.0878. The van der Waals surface area contributed by atoms with E-state index in [-0.39, 0.29) is 36.4 Å². The van der Waals surface area contributed by atoms with Gasteiger partial charge in [-0.2, -0.15) is 0 Å². The fourth-order valence-electron chi connectivity index (χ4n) is 1.96. The summed E-state index contributed by atoms with van der Waals surface area (Å²) in [5.41, 5.74) is 0.377. The Labute approximate surface area is 122 Å². The van der Waals surface area contributed by atoms with Crippen molar-refractivity contribution < 1.29 is 27.9 Å². The predicted molar refractivity (Wildman–Crippen MR) is 74.6 cm³/mol. The Morgan fingerprint density at radius 1 is 1.10 bits per heavy atom. The molecule has 0 saturated heterocycles. The van der Waals surface area contributed by atoms with Gasteiger partial charge in [-0.25, -0.2) is 0 Å². The van der Waals surface area contributed by atoms with Gasteiger partial charge < -0.3 is 13.8 Å². The molecule has 1 heterocycles. The molecule has 2 amide bonds. The zero-order valence-corrected chi connectivity index (χ0v) is 12.6. The summed E-state index contributed by atoms with van der Waals surface area (Å²) in [6.45, 7) is 3.81. The highest BCUT2D eigenvalue weighted by atomic mass is 31.2. The highest BCUT2D eigenvalue weighted by Crippen LogP contribution is 2.48. The maximum absolute atomic E-state index is 12.3. The van der Waals surface area contributed by atoms with E-state index in [1.165, 1.54) is 12.1 Å². The monoisotopic (exact) mass is 313 g/mol. The molecule has 0 atom stereocenters. The Hall–Kier alpha value is -1.69. The van der Waals surface area contributed by atoms with Crippen LogP contribution in [0, 0.1) is 0 Å². The molecule has 1 aliphatic rings. The minimum absolute atomic E-state index is 0.141. The summed E-state index contributed by atoms with van der Waals surface area (Å²) in [6.07, 6.45) is -0.327. The highest BCUT2D eigenvalue weighted by molar-refractivity contribution is 7.53. The van der Waals surface area contributed by atoms with Gasteiger partial charge in [-0.05, 0) is 26.0 Å². The lowest BCUT2D eigenvalue weighted by Gasteiger charge is -2.18. The number of benzene rings is 1. The van der Waals surface area contributed by atoms with Crippen LogP contribution >= 0.6 is 7.60 Å². The maximum atomic E-state index is 12.3.